The number of ether oxygens (including phenoxy) is 2. The van der Waals surface area contributed by atoms with E-state index in [9.17, 15) is 18.4 Å². The van der Waals surface area contributed by atoms with E-state index in [1.165, 1.54) is 25.3 Å². The van der Waals surface area contributed by atoms with Gasteiger partial charge in [0.2, 0.25) is 0 Å². The first-order chi connectivity index (χ1) is 16.9. The fourth-order valence-corrected chi connectivity index (χ4v) is 5.56. The molecule has 1 saturated carbocycles. The van der Waals surface area contributed by atoms with E-state index in [2.05, 4.69) is 23.8 Å². The number of hydrogen-bond donors (Lipinski definition) is 0. The van der Waals surface area contributed by atoms with Crippen molar-refractivity contribution in [1.29, 1.82) is 0 Å². The molecule has 5 atom stereocenters. The minimum absolute atomic E-state index is 0.0275. The van der Waals surface area contributed by atoms with Gasteiger partial charge in [0, 0.05) is 17.8 Å². The number of benzene rings is 1. The van der Waals surface area contributed by atoms with Crippen LogP contribution < -0.4 is 0 Å². The summed E-state index contributed by atoms with van der Waals surface area (Å²) in [5, 5.41) is 0. The molecule has 2 fully saturated rings. The third kappa shape index (κ3) is 6.87. The summed E-state index contributed by atoms with van der Waals surface area (Å²) in [6.07, 6.45) is 12.2. The Hall–Kier alpha value is -2.34. The Morgan fingerprint density at radius 2 is 1.97 bits per heavy atom. The largest absolute Gasteiger partial charge is 0.469 e. The zero-order chi connectivity index (χ0) is 25.3. The number of carbonyl (C=O) groups excluding carboxylic acids is 2. The quantitative estimate of drug-likeness (QED) is 0.131. The van der Waals surface area contributed by atoms with Crippen LogP contribution >= 0.6 is 0 Å². The van der Waals surface area contributed by atoms with Crippen LogP contribution in [0.15, 0.2) is 48.6 Å². The van der Waals surface area contributed by atoms with Gasteiger partial charge in [-0.2, -0.15) is 0 Å². The summed E-state index contributed by atoms with van der Waals surface area (Å²) in [5.41, 5.74) is 0.763. The first kappa shape index (κ1) is 27.3. The molecule has 4 nitrogen and oxygen atoms in total. The predicted octanol–water partition coefficient (Wildman–Crippen LogP) is 6.43. The Morgan fingerprint density at radius 1 is 1.20 bits per heavy atom. The summed E-state index contributed by atoms with van der Waals surface area (Å²) in [7, 11) is 1.39. The second kappa shape index (κ2) is 13.1. The van der Waals surface area contributed by atoms with E-state index >= 15 is 0 Å². The van der Waals surface area contributed by atoms with Gasteiger partial charge in [-0.25, -0.2) is 8.78 Å². The number of rotatable bonds is 14. The van der Waals surface area contributed by atoms with Crippen LogP contribution in [0, 0.1) is 17.7 Å². The molecule has 0 aromatic heterocycles. The molecular weight excluding hydrogens is 450 g/mol. The molecule has 1 heterocycles. The molecule has 1 aliphatic carbocycles. The number of unbranched alkanes of at least 4 members (excludes halogenated alkanes) is 3. The molecule has 2 aliphatic rings. The molecule has 1 aromatic rings. The molecule has 1 saturated heterocycles. The van der Waals surface area contributed by atoms with Gasteiger partial charge in [0.15, 0.2) is 12.0 Å². The second-order valence-corrected chi connectivity index (χ2v) is 9.80. The molecule has 3 rings (SSSR count). The summed E-state index contributed by atoms with van der Waals surface area (Å²) in [6.45, 7) is 2.60. The molecule has 0 amide bonds. The molecule has 1 unspecified atom stereocenters. The topological polar surface area (TPSA) is 52.6 Å². The molecule has 192 valence electrons. The van der Waals surface area contributed by atoms with Crippen molar-refractivity contribution in [2.45, 2.75) is 82.4 Å². The van der Waals surface area contributed by atoms with E-state index in [1.807, 2.05) is 18.2 Å². The number of esters is 1. The highest BCUT2D eigenvalue weighted by Crippen LogP contribution is 2.57. The van der Waals surface area contributed by atoms with Crippen LogP contribution in [-0.4, -0.2) is 37.7 Å². The van der Waals surface area contributed by atoms with E-state index < -0.39 is 12.0 Å². The highest BCUT2D eigenvalue weighted by atomic mass is 19.1. The van der Waals surface area contributed by atoms with Gasteiger partial charge in [0.05, 0.1) is 19.8 Å². The number of allylic oxidation sites excluding steroid dienone is 3. The Bertz CT molecular complexity index is 894. The van der Waals surface area contributed by atoms with Gasteiger partial charge in [0.25, 0.3) is 0 Å². The maximum atomic E-state index is 14.3. The van der Waals surface area contributed by atoms with Gasteiger partial charge >= 0.3 is 5.97 Å². The molecule has 2 bridgehead atoms. The fourth-order valence-electron chi connectivity index (χ4n) is 5.56. The average Bonchev–Trinajstić information content (AvgIpc) is 3.43. The van der Waals surface area contributed by atoms with Gasteiger partial charge in [-0.3, -0.25) is 9.59 Å². The van der Waals surface area contributed by atoms with Crippen molar-refractivity contribution < 1.29 is 27.8 Å². The number of halogens is 2. The molecule has 6 heteroatoms. The van der Waals surface area contributed by atoms with Gasteiger partial charge in [0.1, 0.15) is 5.82 Å². The number of carbonyl (C=O) groups is 2. The number of ketones is 1. The molecule has 1 aromatic carbocycles. The molecule has 0 N–H and O–H groups in total. The Labute approximate surface area is 207 Å². The fraction of sp³-hybridized carbons (Fsp3) is 0.586. The molecule has 1 aliphatic heterocycles. The zero-order valence-electron chi connectivity index (χ0n) is 20.9. The van der Waals surface area contributed by atoms with E-state index in [0.29, 0.717) is 19.4 Å². The highest BCUT2D eigenvalue weighted by Gasteiger charge is 2.58. The number of alkyl halides is 1. The molecule has 0 radical (unpaired) electrons. The summed E-state index contributed by atoms with van der Waals surface area (Å²) in [4.78, 5) is 23.7. The van der Waals surface area contributed by atoms with Crippen LogP contribution in [0.4, 0.5) is 8.78 Å². The lowest BCUT2D eigenvalue weighted by molar-refractivity contribution is -0.140. The Kier molecular flexibility index (Phi) is 10.2. The third-order valence-electron chi connectivity index (χ3n) is 7.53. The summed E-state index contributed by atoms with van der Waals surface area (Å²) in [6, 6.07) is 6.62. The van der Waals surface area contributed by atoms with Gasteiger partial charge in [-0.05, 0) is 61.8 Å². The normalized spacial score (nSPS) is 26.6. The summed E-state index contributed by atoms with van der Waals surface area (Å²) >= 11 is 0. The monoisotopic (exact) mass is 488 g/mol. The lowest BCUT2D eigenvalue weighted by Gasteiger charge is -2.38. The molecule has 35 heavy (non-hydrogen) atoms. The van der Waals surface area contributed by atoms with Crippen LogP contribution in [-0.2, 0) is 24.5 Å². The summed E-state index contributed by atoms with van der Waals surface area (Å²) < 4.78 is 38.8. The SMILES string of the molecule is CCCCCC(F)C(=O)C=C[C@@H]1[C@@H]2C[C@@](c3ccc(F)cc3)(CO2)[C@H]1CC=CCCCC(=O)OC. The molecule has 0 spiro atoms. The lowest BCUT2D eigenvalue weighted by Crippen LogP contribution is -2.39. The first-order valence-electron chi connectivity index (χ1n) is 12.9. The van der Waals surface area contributed by atoms with Crippen LogP contribution in [0.5, 0.6) is 0 Å². The van der Waals surface area contributed by atoms with Gasteiger partial charge in [-0.15, -0.1) is 0 Å². The second-order valence-electron chi connectivity index (χ2n) is 9.80. The number of fused-ring (bicyclic) bond motifs is 2. The zero-order valence-corrected chi connectivity index (χ0v) is 20.9. The van der Waals surface area contributed by atoms with Gasteiger partial charge < -0.3 is 9.47 Å². The van der Waals surface area contributed by atoms with Crippen LogP contribution in [0.25, 0.3) is 0 Å². The van der Waals surface area contributed by atoms with Crippen molar-refractivity contribution in [2.24, 2.45) is 11.8 Å². The van der Waals surface area contributed by atoms with E-state index in [-0.39, 0.29) is 41.6 Å². The van der Waals surface area contributed by atoms with Crippen molar-refractivity contribution in [3.63, 3.8) is 0 Å². The van der Waals surface area contributed by atoms with Crippen molar-refractivity contribution in [3.05, 3.63) is 60.0 Å². The van der Waals surface area contributed by atoms with Crippen LogP contribution in [0.2, 0.25) is 0 Å². The molecular formula is C29H38F2O4. The van der Waals surface area contributed by atoms with Crippen molar-refractivity contribution in [2.75, 3.05) is 13.7 Å². The first-order valence-corrected chi connectivity index (χ1v) is 12.9. The van der Waals surface area contributed by atoms with E-state index in [4.69, 9.17) is 4.74 Å². The van der Waals surface area contributed by atoms with Crippen LogP contribution in [0.3, 0.4) is 0 Å². The third-order valence-corrected chi connectivity index (χ3v) is 7.53. The van der Waals surface area contributed by atoms with Crippen LogP contribution in [0.1, 0.15) is 70.3 Å². The Morgan fingerprint density at radius 3 is 2.69 bits per heavy atom. The standard InChI is InChI=1S/C29H38F2O4/c1-3-4-7-11-25(31)26(32)18-17-23-24(10-8-5-6-9-12-28(33)34-2)29(19-27(23)35-20-29)21-13-15-22(30)16-14-21/h5,8,13-18,23-25,27H,3-4,6-7,9-12,19-20H2,1-2H3/t23-,24-,25?,27-,29-/m0/s1. The van der Waals surface area contributed by atoms with Crippen molar-refractivity contribution in [3.8, 4) is 0 Å². The maximum absolute atomic E-state index is 14.3. The number of methoxy groups -OCH3 is 1. The van der Waals surface area contributed by atoms with Crippen molar-refractivity contribution >= 4 is 11.8 Å². The van der Waals surface area contributed by atoms with E-state index in [1.54, 1.807) is 0 Å². The smallest absolute Gasteiger partial charge is 0.305 e. The van der Waals surface area contributed by atoms with E-state index in [0.717, 1.165) is 44.1 Å². The maximum Gasteiger partial charge on any atom is 0.305 e. The minimum Gasteiger partial charge on any atom is -0.469 e. The van der Waals surface area contributed by atoms with Gasteiger partial charge in [-0.1, -0.05) is 56.5 Å². The highest BCUT2D eigenvalue weighted by molar-refractivity contribution is 5.93. The van der Waals surface area contributed by atoms with Crippen molar-refractivity contribution in [1.82, 2.24) is 0 Å². The number of hydrogen-bond acceptors (Lipinski definition) is 4. The minimum atomic E-state index is -1.46. The Balaban J connectivity index is 1.73. The predicted molar refractivity (Wildman–Crippen MR) is 132 cm³/mol. The summed E-state index contributed by atoms with van der Waals surface area (Å²) in [5.74, 6) is -0.850. The lowest BCUT2D eigenvalue weighted by atomic mass is 9.69. The average molecular weight is 489 g/mol.